The van der Waals surface area contributed by atoms with E-state index in [1.54, 1.807) is 0 Å². The molecular weight excluding hydrogens is 214 g/mol. The molecule has 1 aliphatic heterocycles. The lowest BCUT2D eigenvalue weighted by molar-refractivity contribution is 0.0625. The number of carbonyl (C=O) groups is 1. The lowest BCUT2D eigenvalue weighted by Crippen LogP contribution is -2.58. The van der Waals surface area contributed by atoms with E-state index in [0.717, 1.165) is 19.6 Å². The zero-order chi connectivity index (χ0) is 13.2. The summed E-state index contributed by atoms with van der Waals surface area (Å²) in [4.78, 5) is 18.4. The zero-order valence-electron chi connectivity index (χ0n) is 12.1. The van der Waals surface area contributed by atoms with Gasteiger partial charge in [0.05, 0.1) is 0 Å². The van der Waals surface area contributed by atoms with Crippen LogP contribution in [0.3, 0.4) is 0 Å². The maximum Gasteiger partial charge on any atom is 0.320 e. The molecule has 1 rings (SSSR count). The van der Waals surface area contributed by atoms with Crippen LogP contribution in [0.1, 0.15) is 34.6 Å². The first-order valence-electron chi connectivity index (χ1n) is 6.62. The number of hydrogen-bond acceptors (Lipinski definition) is 2. The summed E-state index contributed by atoms with van der Waals surface area (Å²) in [7, 11) is 1.88. The topological polar surface area (TPSA) is 26.8 Å². The van der Waals surface area contributed by atoms with Crippen molar-refractivity contribution in [3.05, 3.63) is 0 Å². The van der Waals surface area contributed by atoms with Gasteiger partial charge in [-0.1, -0.05) is 0 Å². The number of amides is 2. The maximum atomic E-state index is 12.2. The van der Waals surface area contributed by atoms with Crippen LogP contribution in [0.2, 0.25) is 0 Å². The van der Waals surface area contributed by atoms with Gasteiger partial charge in [0.2, 0.25) is 0 Å². The van der Waals surface area contributed by atoms with Crippen LogP contribution in [-0.2, 0) is 0 Å². The summed E-state index contributed by atoms with van der Waals surface area (Å²) in [6.07, 6.45) is 0. The highest BCUT2D eigenvalue weighted by Gasteiger charge is 2.29. The van der Waals surface area contributed by atoms with Gasteiger partial charge in [0.15, 0.2) is 0 Å². The van der Waals surface area contributed by atoms with Crippen LogP contribution >= 0.6 is 0 Å². The molecule has 1 unspecified atom stereocenters. The van der Waals surface area contributed by atoms with E-state index in [2.05, 4.69) is 25.7 Å². The average Bonchev–Trinajstić information content (AvgIpc) is 2.26. The molecule has 0 aliphatic carbocycles. The predicted molar refractivity (Wildman–Crippen MR) is 71.2 cm³/mol. The molecule has 0 bridgehead atoms. The van der Waals surface area contributed by atoms with Crippen LogP contribution in [0.5, 0.6) is 0 Å². The fourth-order valence-corrected chi connectivity index (χ4v) is 2.36. The van der Waals surface area contributed by atoms with Crippen LogP contribution < -0.4 is 0 Å². The molecule has 1 heterocycles. The molecule has 17 heavy (non-hydrogen) atoms. The Morgan fingerprint density at radius 3 is 2.24 bits per heavy atom. The third kappa shape index (κ3) is 3.35. The first-order chi connectivity index (χ1) is 7.84. The van der Waals surface area contributed by atoms with Crippen molar-refractivity contribution < 1.29 is 4.79 Å². The van der Waals surface area contributed by atoms with Crippen LogP contribution in [0.4, 0.5) is 4.79 Å². The van der Waals surface area contributed by atoms with Crippen LogP contribution in [0.25, 0.3) is 0 Å². The highest BCUT2D eigenvalue weighted by Crippen LogP contribution is 2.14. The van der Waals surface area contributed by atoms with E-state index in [0.29, 0.717) is 12.1 Å². The molecule has 4 heteroatoms. The van der Waals surface area contributed by atoms with Gasteiger partial charge in [-0.3, -0.25) is 4.90 Å². The Morgan fingerprint density at radius 2 is 1.82 bits per heavy atom. The summed E-state index contributed by atoms with van der Waals surface area (Å²) < 4.78 is 0. The highest BCUT2D eigenvalue weighted by atomic mass is 16.2. The molecule has 0 radical (unpaired) electrons. The van der Waals surface area contributed by atoms with E-state index in [-0.39, 0.29) is 12.1 Å². The molecule has 0 aromatic heterocycles. The minimum absolute atomic E-state index is 0.162. The van der Waals surface area contributed by atoms with Crippen molar-refractivity contribution in [3.63, 3.8) is 0 Å². The van der Waals surface area contributed by atoms with Gasteiger partial charge in [-0.2, -0.15) is 0 Å². The second-order valence-electron chi connectivity index (χ2n) is 5.61. The highest BCUT2D eigenvalue weighted by molar-refractivity contribution is 5.74. The van der Waals surface area contributed by atoms with E-state index in [9.17, 15) is 4.79 Å². The standard InChI is InChI=1S/C13H27N3O/c1-10(2)14(6)13(17)15-7-8-16(11(3)4)12(5)9-15/h10-12H,7-9H2,1-6H3. The SMILES string of the molecule is CC(C)N(C)C(=O)N1CCN(C(C)C)C(C)C1. The number of urea groups is 1. The molecule has 1 atom stereocenters. The molecule has 1 fully saturated rings. The van der Waals surface area contributed by atoms with Crippen LogP contribution in [0, 0.1) is 0 Å². The Balaban J connectivity index is 2.58. The summed E-state index contributed by atoms with van der Waals surface area (Å²) in [6, 6.07) is 1.44. The van der Waals surface area contributed by atoms with Crippen molar-refractivity contribution in [1.82, 2.24) is 14.7 Å². The zero-order valence-corrected chi connectivity index (χ0v) is 12.1. The summed E-state index contributed by atoms with van der Waals surface area (Å²) >= 11 is 0. The van der Waals surface area contributed by atoms with E-state index in [1.165, 1.54) is 0 Å². The summed E-state index contributed by atoms with van der Waals surface area (Å²) in [5.74, 6) is 0. The number of carbonyl (C=O) groups excluding carboxylic acids is 1. The van der Waals surface area contributed by atoms with Crippen molar-refractivity contribution in [1.29, 1.82) is 0 Å². The molecule has 0 N–H and O–H groups in total. The first-order valence-corrected chi connectivity index (χ1v) is 6.62. The van der Waals surface area contributed by atoms with Crippen molar-refractivity contribution in [3.8, 4) is 0 Å². The molecule has 0 saturated carbocycles. The predicted octanol–water partition coefficient (Wildman–Crippen LogP) is 1.86. The maximum absolute atomic E-state index is 12.2. The Morgan fingerprint density at radius 1 is 1.24 bits per heavy atom. The third-order valence-electron chi connectivity index (χ3n) is 3.69. The van der Waals surface area contributed by atoms with E-state index in [4.69, 9.17) is 0 Å². The van der Waals surface area contributed by atoms with Crippen LogP contribution in [0.15, 0.2) is 0 Å². The summed E-state index contributed by atoms with van der Waals surface area (Å²) in [5, 5.41) is 0. The second-order valence-corrected chi connectivity index (χ2v) is 5.61. The van der Waals surface area contributed by atoms with Gasteiger partial charge in [-0.25, -0.2) is 4.79 Å². The fraction of sp³-hybridized carbons (Fsp3) is 0.923. The Kier molecular flexibility index (Phi) is 4.80. The minimum atomic E-state index is 0.162. The van der Waals surface area contributed by atoms with E-state index in [1.807, 2.05) is 30.7 Å². The Labute approximate surface area is 106 Å². The second kappa shape index (κ2) is 5.71. The van der Waals surface area contributed by atoms with Gasteiger partial charge in [0.25, 0.3) is 0 Å². The lowest BCUT2D eigenvalue weighted by Gasteiger charge is -2.43. The molecule has 0 aromatic carbocycles. The van der Waals surface area contributed by atoms with Crippen molar-refractivity contribution >= 4 is 6.03 Å². The van der Waals surface area contributed by atoms with Crippen molar-refractivity contribution in [2.24, 2.45) is 0 Å². The van der Waals surface area contributed by atoms with Gasteiger partial charge < -0.3 is 9.80 Å². The molecule has 0 aromatic rings. The molecule has 1 saturated heterocycles. The monoisotopic (exact) mass is 241 g/mol. The number of nitrogens with zero attached hydrogens (tertiary/aromatic N) is 3. The largest absolute Gasteiger partial charge is 0.325 e. The number of piperazine rings is 1. The molecule has 0 spiro atoms. The van der Waals surface area contributed by atoms with Gasteiger partial charge in [-0.05, 0) is 34.6 Å². The van der Waals surface area contributed by atoms with Crippen molar-refractivity contribution in [2.75, 3.05) is 26.7 Å². The Bertz CT molecular complexity index is 265. The smallest absolute Gasteiger partial charge is 0.320 e. The van der Waals surface area contributed by atoms with Gasteiger partial charge >= 0.3 is 6.03 Å². The van der Waals surface area contributed by atoms with Gasteiger partial charge in [0.1, 0.15) is 0 Å². The first kappa shape index (κ1) is 14.3. The number of rotatable bonds is 2. The molecule has 4 nitrogen and oxygen atoms in total. The van der Waals surface area contributed by atoms with Gasteiger partial charge in [0, 0.05) is 44.8 Å². The fourth-order valence-electron chi connectivity index (χ4n) is 2.36. The molecule has 1 aliphatic rings. The molecule has 2 amide bonds. The Hall–Kier alpha value is -0.770. The number of hydrogen-bond donors (Lipinski definition) is 0. The third-order valence-corrected chi connectivity index (χ3v) is 3.69. The van der Waals surface area contributed by atoms with Crippen molar-refractivity contribution in [2.45, 2.75) is 52.7 Å². The molecule has 100 valence electrons. The minimum Gasteiger partial charge on any atom is -0.325 e. The summed E-state index contributed by atoms with van der Waals surface area (Å²) in [6.45, 7) is 13.4. The quantitative estimate of drug-likeness (QED) is 0.738. The van der Waals surface area contributed by atoms with E-state index >= 15 is 0 Å². The van der Waals surface area contributed by atoms with E-state index < -0.39 is 0 Å². The van der Waals surface area contributed by atoms with Crippen LogP contribution in [-0.4, -0.2) is 65.5 Å². The summed E-state index contributed by atoms with van der Waals surface area (Å²) in [5.41, 5.74) is 0. The lowest BCUT2D eigenvalue weighted by atomic mass is 10.1. The van der Waals surface area contributed by atoms with Gasteiger partial charge in [-0.15, -0.1) is 0 Å². The average molecular weight is 241 g/mol. The normalized spacial score (nSPS) is 22.4. The molecular formula is C13H27N3O.